The normalized spacial score (nSPS) is 17.9. The van der Waals surface area contributed by atoms with E-state index < -0.39 is 0 Å². The van der Waals surface area contributed by atoms with E-state index in [1.807, 2.05) is 27.7 Å². The van der Waals surface area contributed by atoms with Crippen molar-refractivity contribution in [1.29, 1.82) is 0 Å². The maximum absolute atomic E-state index is 6.04. The van der Waals surface area contributed by atoms with E-state index in [-0.39, 0.29) is 0 Å². The summed E-state index contributed by atoms with van der Waals surface area (Å²) in [4.78, 5) is 2.69. The molecule has 182 valence electrons. The van der Waals surface area contributed by atoms with Crippen LogP contribution in [0.2, 0.25) is 0 Å². The van der Waals surface area contributed by atoms with Crippen LogP contribution in [0.15, 0.2) is 24.3 Å². The molecule has 1 fully saturated rings. The van der Waals surface area contributed by atoms with Crippen molar-refractivity contribution in [1.82, 2.24) is 4.90 Å². The van der Waals surface area contributed by atoms with Crippen LogP contribution in [0.1, 0.15) is 58.1 Å². The Morgan fingerprint density at radius 1 is 0.647 bits per heavy atom. The molecule has 2 heterocycles. The quantitative estimate of drug-likeness (QED) is 0.357. The molecule has 0 amide bonds. The van der Waals surface area contributed by atoms with Gasteiger partial charge >= 0.3 is 0 Å². The zero-order valence-electron chi connectivity index (χ0n) is 21.0. The van der Waals surface area contributed by atoms with Crippen LogP contribution in [0.5, 0.6) is 23.0 Å². The number of hydrogen-bond acceptors (Lipinski definition) is 5. The first kappa shape index (κ1) is 23.1. The van der Waals surface area contributed by atoms with Crippen LogP contribution < -0.4 is 18.9 Å². The van der Waals surface area contributed by atoms with Gasteiger partial charge in [-0.15, -0.1) is 0 Å². The van der Waals surface area contributed by atoms with Gasteiger partial charge in [-0.1, -0.05) is 6.42 Å². The van der Waals surface area contributed by atoms with Crippen LogP contribution in [-0.2, 0) is 13.0 Å². The van der Waals surface area contributed by atoms with Gasteiger partial charge in [-0.2, -0.15) is 0 Å². The molecule has 5 rings (SSSR count). The number of hydrogen-bond donors (Lipinski definition) is 0. The van der Waals surface area contributed by atoms with Crippen molar-refractivity contribution in [3.05, 3.63) is 35.4 Å². The van der Waals surface area contributed by atoms with Crippen LogP contribution in [0.4, 0.5) is 0 Å². The number of fused-ring (bicyclic) bond motifs is 7. The van der Waals surface area contributed by atoms with Gasteiger partial charge in [0, 0.05) is 12.6 Å². The second kappa shape index (κ2) is 9.91. The fourth-order valence-corrected chi connectivity index (χ4v) is 5.82. The van der Waals surface area contributed by atoms with Crippen LogP contribution in [-0.4, -0.2) is 43.9 Å². The monoisotopic (exact) mass is 463 g/mol. The maximum Gasteiger partial charge on any atom is 0.161 e. The molecule has 1 unspecified atom stereocenters. The summed E-state index contributed by atoms with van der Waals surface area (Å²) in [7, 11) is 0. The van der Waals surface area contributed by atoms with E-state index in [0.29, 0.717) is 32.5 Å². The summed E-state index contributed by atoms with van der Waals surface area (Å²) in [6, 6.07) is 9.40. The molecule has 0 bridgehead atoms. The topological polar surface area (TPSA) is 40.2 Å². The van der Waals surface area contributed by atoms with E-state index in [4.69, 9.17) is 18.9 Å². The average Bonchev–Trinajstić information content (AvgIpc) is 2.85. The SMILES string of the molecule is CCOc1cc2c3c(c4cc(OCC)c(OCC)cc4c2cc1OCC)CN1CCCCC1C3. The van der Waals surface area contributed by atoms with Gasteiger partial charge in [0.25, 0.3) is 0 Å². The van der Waals surface area contributed by atoms with Gasteiger partial charge in [0.1, 0.15) is 0 Å². The Morgan fingerprint density at radius 3 is 1.62 bits per heavy atom. The van der Waals surface area contributed by atoms with Crippen molar-refractivity contribution in [2.75, 3.05) is 33.0 Å². The van der Waals surface area contributed by atoms with E-state index in [0.717, 1.165) is 36.0 Å². The summed E-state index contributed by atoms with van der Waals surface area (Å²) in [6.45, 7) is 12.7. The number of ether oxygens (including phenoxy) is 4. The summed E-state index contributed by atoms with van der Waals surface area (Å²) in [5, 5.41) is 4.95. The molecular formula is C29H37NO4. The van der Waals surface area contributed by atoms with E-state index in [2.05, 4.69) is 29.2 Å². The van der Waals surface area contributed by atoms with Gasteiger partial charge < -0.3 is 18.9 Å². The minimum Gasteiger partial charge on any atom is -0.490 e. The first-order valence-corrected chi connectivity index (χ1v) is 13.0. The molecule has 0 aliphatic carbocycles. The number of benzene rings is 3. The number of rotatable bonds is 8. The zero-order valence-corrected chi connectivity index (χ0v) is 21.0. The molecule has 5 heteroatoms. The Bertz CT molecular complexity index is 1100. The lowest BCUT2D eigenvalue weighted by molar-refractivity contribution is 0.128. The molecule has 0 aromatic heterocycles. The van der Waals surface area contributed by atoms with Crippen LogP contribution in [0.3, 0.4) is 0 Å². The Kier molecular flexibility index (Phi) is 6.73. The predicted octanol–water partition coefficient (Wildman–Crippen LogP) is 6.50. The Hall–Kier alpha value is -2.66. The Labute approximate surface area is 202 Å². The minimum absolute atomic E-state index is 0.600. The third kappa shape index (κ3) is 4.04. The second-order valence-electron chi connectivity index (χ2n) is 9.20. The third-order valence-corrected chi connectivity index (χ3v) is 7.22. The van der Waals surface area contributed by atoms with Crippen LogP contribution >= 0.6 is 0 Å². The lowest BCUT2D eigenvalue weighted by atomic mass is 9.82. The Balaban J connectivity index is 1.83. The van der Waals surface area contributed by atoms with E-state index >= 15 is 0 Å². The molecule has 0 radical (unpaired) electrons. The fourth-order valence-electron chi connectivity index (χ4n) is 5.82. The first-order chi connectivity index (χ1) is 16.7. The molecular weight excluding hydrogens is 426 g/mol. The van der Waals surface area contributed by atoms with Crippen molar-refractivity contribution >= 4 is 21.5 Å². The highest BCUT2D eigenvalue weighted by atomic mass is 16.5. The molecule has 2 aliphatic rings. The highest BCUT2D eigenvalue weighted by Crippen LogP contribution is 2.46. The molecule has 3 aromatic carbocycles. The molecule has 2 aliphatic heterocycles. The smallest absolute Gasteiger partial charge is 0.161 e. The highest BCUT2D eigenvalue weighted by Gasteiger charge is 2.31. The van der Waals surface area contributed by atoms with Crippen LogP contribution in [0.25, 0.3) is 21.5 Å². The van der Waals surface area contributed by atoms with E-state index in [9.17, 15) is 0 Å². The number of nitrogens with zero attached hydrogens (tertiary/aromatic N) is 1. The van der Waals surface area contributed by atoms with Crippen LogP contribution in [0, 0.1) is 0 Å². The maximum atomic E-state index is 6.04. The third-order valence-electron chi connectivity index (χ3n) is 7.22. The molecule has 0 N–H and O–H groups in total. The predicted molar refractivity (Wildman–Crippen MR) is 138 cm³/mol. The highest BCUT2D eigenvalue weighted by molar-refractivity contribution is 6.12. The van der Waals surface area contributed by atoms with Crippen molar-refractivity contribution in [3.8, 4) is 23.0 Å². The molecule has 34 heavy (non-hydrogen) atoms. The molecule has 5 nitrogen and oxygen atoms in total. The largest absolute Gasteiger partial charge is 0.490 e. The summed E-state index contributed by atoms with van der Waals surface area (Å²) in [5.74, 6) is 3.27. The summed E-state index contributed by atoms with van der Waals surface area (Å²) in [5.41, 5.74) is 2.89. The first-order valence-electron chi connectivity index (χ1n) is 13.0. The average molecular weight is 464 g/mol. The lowest BCUT2D eigenvalue weighted by Crippen LogP contribution is -2.43. The van der Waals surface area contributed by atoms with Gasteiger partial charge in [-0.05, 0) is 110 Å². The molecule has 0 spiro atoms. The zero-order chi connectivity index (χ0) is 23.7. The molecule has 3 aromatic rings. The van der Waals surface area contributed by atoms with Gasteiger partial charge in [-0.25, -0.2) is 0 Å². The summed E-state index contributed by atoms with van der Waals surface area (Å²) >= 11 is 0. The summed E-state index contributed by atoms with van der Waals surface area (Å²) < 4.78 is 24.1. The van der Waals surface area contributed by atoms with Crippen molar-refractivity contribution in [3.63, 3.8) is 0 Å². The molecule has 1 saturated heterocycles. The van der Waals surface area contributed by atoms with Gasteiger partial charge in [0.05, 0.1) is 26.4 Å². The van der Waals surface area contributed by atoms with Crippen molar-refractivity contribution in [2.45, 2.75) is 66.0 Å². The number of piperidine rings is 1. The second-order valence-corrected chi connectivity index (χ2v) is 9.20. The van der Waals surface area contributed by atoms with E-state index in [1.165, 1.54) is 58.5 Å². The minimum atomic E-state index is 0.600. The lowest BCUT2D eigenvalue weighted by Gasteiger charge is -2.41. The molecule has 1 atom stereocenters. The van der Waals surface area contributed by atoms with Gasteiger partial charge in [0.2, 0.25) is 0 Å². The van der Waals surface area contributed by atoms with Gasteiger partial charge in [-0.3, -0.25) is 4.90 Å². The summed E-state index contributed by atoms with van der Waals surface area (Å²) in [6.07, 6.45) is 4.98. The van der Waals surface area contributed by atoms with Crippen molar-refractivity contribution in [2.24, 2.45) is 0 Å². The Morgan fingerprint density at radius 2 is 1.12 bits per heavy atom. The van der Waals surface area contributed by atoms with Crippen molar-refractivity contribution < 1.29 is 18.9 Å². The molecule has 0 saturated carbocycles. The van der Waals surface area contributed by atoms with E-state index in [1.54, 1.807) is 0 Å². The standard InChI is InChI=1S/C29H37NO4/c1-5-31-26-14-21-20-13-19-11-9-10-12-30(19)18-25(20)24-17-29(34-8-4)28(33-7-3)16-23(24)22(21)15-27(26)32-6-2/h14-17,19H,5-13,18H2,1-4H3. The fraction of sp³-hybridized carbons (Fsp3) is 0.517. The van der Waals surface area contributed by atoms with Gasteiger partial charge in [0.15, 0.2) is 23.0 Å².